The Hall–Kier alpha value is -1.71. The van der Waals surface area contributed by atoms with Crippen molar-refractivity contribution in [2.75, 3.05) is 13.7 Å². The average molecular weight is 440 g/mol. The second-order valence-electron chi connectivity index (χ2n) is 4.67. The summed E-state index contributed by atoms with van der Waals surface area (Å²) in [5.74, 6) is 3.71. The minimum Gasteiger partial charge on any atom is -0.493 e. The van der Waals surface area contributed by atoms with E-state index < -0.39 is 0 Å². The number of benzene rings is 2. The lowest BCUT2D eigenvalue weighted by molar-refractivity contribution is 0.328. The Morgan fingerprint density at radius 1 is 1.39 bits per heavy atom. The van der Waals surface area contributed by atoms with Crippen molar-refractivity contribution in [1.82, 2.24) is 0 Å². The van der Waals surface area contributed by atoms with Crippen LogP contribution in [0.3, 0.4) is 0 Å². The van der Waals surface area contributed by atoms with Crippen LogP contribution in [0, 0.1) is 22.8 Å². The first-order chi connectivity index (χ1) is 11.1. The Kier molecular flexibility index (Phi) is 6.31. The van der Waals surface area contributed by atoms with E-state index in [2.05, 4.69) is 33.5 Å². The zero-order valence-corrected chi connectivity index (χ0v) is 15.7. The molecule has 118 valence electrons. The molecule has 0 heterocycles. The number of nitrogens with zero attached hydrogens (tertiary/aromatic N) is 1. The van der Waals surface area contributed by atoms with Crippen molar-refractivity contribution < 1.29 is 9.47 Å². The lowest BCUT2D eigenvalue weighted by Crippen LogP contribution is -2.00. The molecule has 0 fully saturated rings. The molecule has 2 aromatic carbocycles. The van der Waals surface area contributed by atoms with Crippen LogP contribution in [-0.4, -0.2) is 19.9 Å². The lowest BCUT2D eigenvalue weighted by atomic mass is 10.2. The van der Waals surface area contributed by atoms with Gasteiger partial charge in [0, 0.05) is 11.2 Å². The van der Waals surface area contributed by atoms with E-state index in [1.165, 1.54) is 0 Å². The average Bonchev–Trinajstić information content (AvgIpc) is 2.54. The quantitative estimate of drug-likeness (QED) is 0.372. The second kappa shape index (κ2) is 8.23. The topological polar surface area (TPSA) is 30.8 Å². The molecule has 0 aliphatic heterocycles. The van der Waals surface area contributed by atoms with E-state index in [0.29, 0.717) is 16.5 Å². The summed E-state index contributed by atoms with van der Waals surface area (Å²) >= 11 is 8.29. The molecule has 0 radical (unpaired) electrons. The minimum absolute atomic E-state index is 0.196. The molecule has 23 heavy (non-hydrogen) atoms. The summed E-state index contributed by atoms with van der Waals surface area (Å²) in [4.78, 5) is 4.50. The van der Waals surface area contributed by atoms with E-state index in [1.54, 1.807) is 13.3 Å². The van der Waals surface area contributed by atoms with E-state index >= 15 is 0 Å². The molecular weight excluding hydrogens is 425 g/mol. The van der Waals surface area contributed by atoms with E-state index in [9.17, 15) is 0 Å². The van der Waals surface area contributed by atoms with Crippen LogP contribution in [0.25, 0.3) is 0 Å². The van der Waals surface area contributed by atoms with Crippen LogP contribution in [0.1, 0.15) is 11.1 Å². The predicted octanol–water partition coefficient (Wildman–Crippen LogP) is 5.02. The van der Waals surface area contributed by atoms with Crippen molar-refractivity contribution in [2.45, 2.75) is 6.92 Å². The first kappa shape index (κ1) is 17.6. The first-order valence-electron chi connectivity index (χ1n) is 6.79. The van der Waals surface area contributed by atoms with E-state index in [0.717, 1.165) is 20.4 Å². The standard InChI is InChI=1S/C18H15ClINO2/c1-4-8-23-18-15(20)9-13(10-17(18)22-3)11-21-16-7-5-6-14(19)12(16)2/h1,5-7,9-11H,8H2,2-3H3. The highest BCUT2D eigenvalue weighted by molar-refractivity contribution is 14.1. The first-order valence-corrected chi connectivity index (χ1v) is 8.25. The third-order valence-electron chi connectivity index (χ3n) is 3.14. The fourth-order valence-corrected chi connectivity index (χ4v) is 2.90. The van der Waals surface area contributed by atoms with Gasteiger partial charge in [0.05, 0.1) is 16.4 Å². The summed E-state index contributed by atoms with van der Waals surface area (Å²) in [5.41, 5.74) is 2.68. The van der Waals surface area contributed by atoms with E-state index in [-0.39, 0.29) is 6.61 Å². The summed E-state index contributed by atoms with van der Waals surface area (Å²) in [6, 6.07) is 9.46. The smallest absolute Gasteiger partial charge is 0.175 e. The Bertz CT molecular complexity index is 781. The van der Waals surface area contributed by atoms with E-state index in [4.69, 9.17) is 27.5 Å². The molecule has 2 aromatic rings. The van der Waals surface area contributed by atoms with Crippen LogP contribution in [0.15, 0.2) is 35.3 Å². The van der Waals surface area contributed by atoms with Crippen molar-refractivity contribution >= 4 is 46.1 Å². The van der Waals surface area contributed by atoms with Gasteiger partial charge in [-0.3, -0.25) is 4.99 Å². The van der Waals surface area contributed by atoms with Crippen molar-refractivity contribution in [2.24, 2.45) is 4.99 Å². The largest absolute Gasteiger partial charge is 0.493 e. The van der Waals surface area contributed by atoms with Crippen LogP contribution in [-0.2, 0) is 0 Å². The van der Waals surface area contributed by atoms with Gasteiger partial charge in [0.25, 0.3) is 0 Å². The van der Waals surface area contributed by atoms with Crippen molar-refractivity contribution in [3.63, 3.8) is 0 Å². The summed E-state index contributed by atoms with van der Waals surface area (Å²) in [5, 5.41) is 0.699. The van der Waals surface area contributed by atoms with Crippen LogP contribution in [0.2, 0.25) is 5.02 Å². The molecule has 0 amide bonds. The third kappa shape index (κ3) is 4.40. The van der Waals surface area contributed by atoms with E-state index in [1.807, 2.05) is 37.3 Å². The summed E-state index contributed by atoms with van der Waals surface area (Å²) in [7, 11) is 1.59. The molecule has 0 aliphatic rings. The van der Waals surface area contributed by atoms with Crippen LogP contribution in [0.4, 0.5) is 5.69 Å². The van der Waals surface area contributed by atoms with Gasteiger partial charge in [-0.25, -0.2) is 0 Å². The molecule has 0 aliphatic carbocycles. The number of ether oxygens (including phenoxy) is 2. The molecule has 0 N–H and O–H groups in total. The van der Waals surface area contributed by atoms with Gasteiger partial charge in [-0.05, 0) is 64.9 Å². The molecule has 5 heteroatoms. The number of aliphatic imine (C=N–C) groups is 1. The van der Waals surface area contributed by atoms with Crippen molar-refractivity contribution in [3.05, 3.63) is 50.1 Å². The highest BCUT2D eigenvalue weighted by atomic mass is 127. The molecule has 0 bridgehead atoms. The molecule has 0 unspecified atom stereocenters. The number of terminal acetylenes is 1. The maximum Gasteiger partial charge on any atom is 0.175 e. The van der Waals surface area contributed by atoms with Gasteiger partial charge >= 0.3 is 0 Å². The Morgan fingerprint density at radius 3 is 2.87 bits per heavy atom. The normalized spacial score (nSPS) is 10.6. The second-order valence-corrected chi connectivity index (χ2v) is 6.24. The lowest BCUT2D eigenvalue weighted by Gasteiger charge is -2.11. The minimum atomic E-state index is 0.196. The zero-order chi connectivity index (χ0) is 16.8. The molecule has 0 saturated carbocycles. The molecular formula is C18H15ClINO2. The Balaban J connectivity index is 2.34. The van der Waals surface area contributed by atoms with Crippen LogP contribution in [0.5, 0.6) is 11.5 Å². The molecule has 0 atom stereocenters. The summed E-state index contributed by atoms with van der Waals surface area (Å²) in [6.45, 7) is 2.14. The van der Waals surface area contributed by atoms with Crippen molar-refractivity contribution in [3.8, 4) is 23.8 Å². The number of methoxy groups -OCH3 is 1. The summed E-state index contributed by atoms with van der Waals surface area (Å²) < 4.78 is 11.8. The van der Waals surface area contributed by atoms with Gasteiger partial charge in [-0.2, -0.15) is 0 Å². The monoisotopic (exact) mass is 439 g/mol. The molecule has 3 nitrogen and oxygen atoms in total. The van der Waals surface area contributed by atoms with Gasteiger partial charge < -0.3 is 9.47 Å². The highest BCUT2D eigenvalue weighted by Crippen LogP contribution is 2.34. The maximum atomic E-state index is 6.11. The zero-order valence-electron chi connectivity index (χ0n) is 12.8. The van der Waals surface area contributed by atoms with Crippen LogP contribution < -0.4 is 9.47 Å². The summed E-state index contributed by atoms with van der Waals surface area (Å²) in [6.07, 6.45) is 7.01. The number of hydrogen-bond donors (Lipinski definition) is 0. The third-order valence-corrected chi connectivity index (χ3v) is 4.35. The molecule has 0 spiro atoms. The van der Waals surface area contributed by atoms with Crippen LogP contribution >= 0.6 is 34.2 Å². The number of halogens is 2. The molecule has 0 aromatic heterocycles. The number of rotatable bonds is 5. The fourth-order valence-electron chi connectivity index (χ4n) is 1.95. The number of hydrogen-bond acceptors (Lipinski definition) is 3. The molecule has 0 saturated heterocycles. The van der Waals surface area contributed by atoms with Gasteiger partial charge in [0.2, 0.25) is 0 Å². The Morgan fingerprint density at radius 2 is 2.17 bits per heavy atom. The fraction of sp³-hybridized carbons (Fsp3) is 0.167. The van der Waals surface area contributed by atoms with Gasteiger partial charge in [-0.15, -0.1) is 6.42 Å². The van der Waals surface area contributed by atoms with Crippen molar-refractivity contribution in [1.29, 1.82) is 0 Å². The van der Waals surface area contributed by atoms with Gasteiger partial charge in [0.1, 0.15) is 6.61 Å². The maximum absolute atomic E-state index is 6.11. The molecule has 2 rings (SSSR count). The Labute approximate surface area is 154 Å². The SMILES string of the molecule is C#CCOc1c(I)cc(C=Nc2cccc(Cl)c2C)cc1OC. The van der Waals surface area contributed by atoms with Gasteiger partial charge in [0.15, 0.2) is 11.5 Å². The highest BCUT2D eigenvalue weighted by Gasteiger charge is 2.10. The predicted molar refractivity (Wildman–Crippen MR) is 103 cm³/mol. The van der Waals surface area contributed by atoms with Gasteiger partial charge in [-0.1, -0.05) is 23.6 Å².